The van der Waals surface area contributed by atoms with Crippen molar-refractivity contribution in [3.8, 4) is 5.75 Å². The predicted octanol–water partition coefficient (Wildman–Crippen LogP) is 0.935. The molecule has 0 fully saturated rings. The summed E-state index contributed by atoms with van der Waals surface area (Å²) >= 11 is 0. The molecule has 26 heavy (non-hydrogen) atoms. The number of carboxylic acid groups (broad SMARTS) is 1. The molecule has 0 saturated heterocycles. The average Bonchev–Trinajstić information content (AvgIpc) is 2.97. The number of aliphatic carboxylic acids is 1. The zero-order valence-corrected chi connectivity index (χ0v) is 13.7. The first-order chi connectivity index (χ1) is 12.3. The van der Waals surface area contributed by atoms with Gasteiger partial charge in [0.15, 0.2) is 0 Å². The second kappa shape index (κ2) is 6.71. The molecule has 3 rings (SSSR count). The second-order valence-electron chi connectivity index (χ2n) is 5.74. The van der Waals surface area contributed by atoms with E-state index in [1.165, 1.54) is 0 Å². The number of pyridine rings is 1. The van der Waals surface area contributed by atoms with Gasteiger partial charge in [-0.3, -0.25) is 14.4 Å². The van der Waals surface area contributed by atoms with Gasteiger partial charge in [-0.05, 0) is 24.6 Å². The highest BCUT2D eigenvalue weighted by Gasteiger charge is 2.19. The zero-order chi connectivity index (χ0) is 18.8. The van der Waals surface area contributed by atoms with Crippen LogP contribution in [0.5, 0.6) is 5.75 Å². The molecule has 0 radical (unpaired) electrons. The maximum absolute atomic E-state index is 12.2. The van der Waals surface area contributed by atoms with Crippen molar-refractivity contribution in [1.29, 1.82) is 0 Å². The van der Waals surface area contributed by atoms with Crippen LogP contribution in [0.15, 0.2) is 33.6 Å². The largest absolute Gasteiger partial charge is 0.506 e. The Morgan fingerprint density at radius 2 is 2.08 bits per heavy atom. The second-order valence-corrected chi connectivity index (χ2v) is 5.74. The van der Waals surface area contributed by atoms with Crippen LogP contribution in [0.3, 0.4) is 0 Å². The number of hydrogen-bond acceptors (Lipinski definition) is 6. The maximum Gasteiger partial charge on any atom is 0.322 e. The molecule has 0 aliphatic rings. The molecule has 1 aromatic carbocycles. The van der Waals surface area contributed by atoms with Crippen molar-refractivity contribution in [2.75, 3.05) is 6.54 Å². The SMILES string of the molecule is Cc1cc(Cc2ccc3c(O)c(C(=O)NCC(=O)O)c(=O)[nH]c3c2)no1. The summed E-state index contributed by atoms with van der Waals surface area (Å²) in [7, 11) is 0. The van der Waals surface area contributed by atoms with E-state index < -0.39 is 35.3 Å². The quantitative estimate of drug-likeness (QED) is 0.531. The fourth-order valence-corrected chi connectivity index (χ4v) is 2.60. The number of nitrogens with zero attached hydrogens (tertiary/aromatic N) is 1. The molecule has 0 spiro atoms. The van der Waals surface area contributed by atoms with Gasteiger partial charge >= 0.3 is 5.97 Å². The van der Waals surface area contributed by atoms with Gasteiger partial charge < -0.3 is 25.0 Å². The van der Waals surface area contributed by atoms with Crippen LogP contribution in [0.4, 0.5) is 0 Å². The van der Waals surface area contributed by atoms with Gasteiger partial charge in [0.2, 0.25) is 0 Å². The predicted molar refractivity (Wildman–Crippen MR) is 90.2 cm³/mol. The number of aromatic amines is 1. The number of carboxylic acids is 1. The third-order valence-corrected chi connectivity index (χ3v) is 3.74. The Morgan fingerprint density at radius 3 is 2.73 bits per heavy atom. The number of amides is 1. The molecule has 2 heterocycles. The summed E-state index contributed by atoms with van der Waals surface area (Å²) in [6, 6.07) is 6.75. The van der Waals surface area contributed by atoms with Gasteiger partial charge in [0, 0.05) is 17.9 Å². The summed E-state index contributed by atoms with van der Waals surface area (Å²) in [6.07, 6.45) is 0.469. The summed E-state index contributed by atoms with van der Waals surface area (Å²) in [5.41, 5.74) is 0.549. The number of aromatic nitrogens is 2. The van der Waals surface area contributed by atoms with Crippen molar-refractivity contribution in [1.82, 2.24) is 15.5 Å². The van der Waals surface area contributed by atoms with Gasteiger partial charge in [-0.1, -0.05) is 11.2 Å². The normalized spacial score (nSPS) is 10.8. The fourth-order valence-electron chi connectivity index (χ4n) is 2.60. The van der Waals surface area contributed by atoms with E-state index >= 15 is 0 Å². The highest BCUT2D eigenvalue weighted by Crippen LogP contribution is 2.26. The monoisotopic (exact) mass is 357 g/mol. The Kier molecular flexibility index (Phi) is 4.44. The molecule has 0 aliphatic heterocycles. The van der Waals surface area contributed by atoms with Crippen molar-refractivity contribution in [2.45, 2.75) is 13.3 Å². The average molecular weight is 357 g/mol. The van der Waals surface area contributed by atoms with E-state index in [0.717, 1.165) is 11.3 Å². The minimum Gasteiger partial charge on any atom is -0.506 e. The van der Waals surface area contributed by atoms with Crippen molar-refractivity contribution >= 4 is 22.8 Å². The van der Waals surface area contributed by atoms with Crippen LogP contribution < -0.4 is 10.9 Å². The van der Waals surface area contributed by atoms with Crippen LogP contribution in [0.1, 0.15) is 27.4 Å². The highest BCUT2D eigenvalue weighted by molar-refractivity contribution is 6.02. The van der Waals surface area contributed by atoms with E-state index in [2.05, 4.69) is 15.5 Å². The van der Waals surface area contributed by atoms with Crippen LogP contribution >= 0.6 is 0 Å². The molecule has 0 atom stereocenters. The first kappa shape index (κ1) is 17.2. The number of H-pyrrole nitrogens is 1. The summed E-state index contributed by atoms with van der Waals surface area (Å²) < 4.78 is 5.01. The fraction of sp³-hybridized carbons (Fsp3) is 0.176. The number of aromatic hydroxyl groups is 1. The molecule has 0 bridgehead atoms. The van der Waals surface area contributed by atoms with Crippen LogP contribution in [0, 0.1) is 6.92 Å². The lowest BCUT2D eigenvalue weighted by atomic mass is 10.0. The third-order valence-electron chi connectivity index (χ3n) is 3.74. The van der Waals surface area contributed by atoms with Crippen LogP contribution in [0.2, 0.25) is 0 Å². The van der Waals surface area contributed by atoms with E-state index in [9.17, 15) is 19.5 Å². The van der Waals surface area contributed by atoms with Crippen LogP contribution in [-0.2, 0) is 11.2 Å². The lowest BCUT2D eigenvalue weighted by molar-refractivity contribution is -0.135. The molecule has 0 unspecified atom stereocenters. The highest BCUT2D eigenvalue weighted by atomic mass is 16.5. The Morgan fingerprint density at radius 1 is 1.31 bits per heavy atom. The van der Waals surface area contributed by atoms with Gasteiger partial charge in [0.25, 0.3) is 11.5 Å². The number of hydrogen-bond donors (Lipinski definition) is 4. The zero-order valence-electron chi connectivity index (χ0n) is 13.7. The maximum atomic E-state index is 12.2. The Labute approximate surface area is 146 Å². The standard InChI is InChI=1S/C17H15N3O6/c1-8-4-10(20-26-8)5-9-2-3-11-12(6-9)19-17(25)14(15(11)23)16(24)18-7-13(21)22/h2-4,6H,5,7H2,1H3,(H,18,24)(H,21,22)(H2,19,23,25). The lowest BCUT2D eigenvalue weighted by Crippen LogP contribution is -2.33. The first-order valence-electron chi connectivity index (χ1n) is 7.65. The van der Waals surface area contributed by atoms with Crippen LogP contribution in [0.25, 0.3) is 10.9 Å². The first-order valence-corrected chi connectivity index (χ1v) is 7.65. The lowest BCUT2D eigenvalue weighted by Gasteiger charge is -2.08. The summed E-state index contributed by atoms with van der Waals surface area (Å²) in [6.45, 7) is 1.12. The minimum atomic E-state index is -1.26. The molecule has 0 aliphatic carbocycles. The molecule has 1 amide bonds. The Hall–Kier alpha value is -3.62. The molecular weight excluding hydrogens is 342 g/mol. The van der Waals surface area contributed by atoms with Gasteiger partial charge in [-0.15, -0.1) is 0 Å². The van der Waals surface area contributed by atoms with E-state index in [1.54, 1.807) is 31.2 Å². The van der Waals surface area contributed by atoms with E-state index in [1.807, 2.05) is 0 Å². The van der Waals surface area contributed by atoms with Crippen molar-refractivity contribution < 1.29 is 24.3 Å². The summed E-state index contributed by atoms with van der Waals surface area (Å²) in [4.78, 5) is 37.2. The van der Waals surface area contributed by atoms with E-state index in [-0.39, 0.29) is 5.39 Å². The number of benzene rings is 1. The van der Waals surface area contributed by atoms with Gasteiger partial charge in [-0.25, -0.2) is 0 Å². The molecular formula is C17H15N3O6. The summed E-state index contributed by atoms with van der Waals surface area (Å²) in [5.74, 6) is -2.04. The number of carbonyl (C=O) groups is 2. The molecule has 2 aromatic heterocycles. The molecule has 3 aromatic rings. The minimum absolute atomic E-state index is 0.269. The van der Waals surface area contributed by atoms with E-state index in [4.69, 9.17) is 9.63 Å². The number of carbonyl (C=O) groups excluding carboxylic acids is 1. The number of nitrogens with one attached hydrogen (secondary N) is 2. The Balaban J connectivity index is 1.96. The van der Waals surface area contributed by atoms with E-state index in [0.29, 0.717) is 17.7 Å². The Bertz CT molecular complexity index is 1070. The van der Waals surface area contributed by atoms with Crippen LogP contribution in [-0.4, -0.2) is 38.8 Å². The molecule has 9 nitrogen and oxygen atoms in total. The topological polar surface area (TPSA) is 146 Å². The number of rotatable bonds is 5. The van der Waals surface area contributed by atoms with Gasteiger partial charge in [-0.2, -0.15) is 0 Å². The molecule has 4 N–H and O–H groups in total. The van der Waals surface area contributed by atoms with Crippen molar-refractivity contribution in [2.24, 2.45) is 0 Å². The molecule has 134 valence electrons. The smallest absolute Gasteiger partial charge is 0.322 e. The van der Waals surface area contributed by atoms with Gasteiger partial charge in [0.1, 0.15) is 23.6 Å². The third kappa shape index (κ3) is 3.41. The number of aryl methyl sites for hydroxylation is 1. The molecule has 9 heteroatoms. The van der Waals surface area contributed by atoms with Crippen molar-refractivity contribution in [3.63, 3.8) is 0 Å². The number of fused-ring (bicyclic) bond motifs is 1. The summed E-state index contributed by atoms with van der Waals surface area (Å²) in [5, 5.41) is 25.1. The van der Waals surface area contributed by atoms with Gasteiger partial charge in [0.05, 0.1) is 11.2 Å². The molecule has 0 saturated carbocycles. The van der Waals surface area contributed by atoms with Crippen molar-refractivity contribution in [3.05, 3.63) is 57.2 Å².